The van der Waals surface area contributed by atoms with Gasteiger partial charge in [0.15, 0.2) is 11.7 Å². The summed E-state index contributed by atoms with van der Waals surface area (Å²) in [6.07, 6.45) is 3.50. The first-order valence-corrected chi connectivity index (χ1v) is 8.29. The van der Waals surface area contributed by atoms with Gasteiger partial charge >= 0.3 is 0 Å². The minimum Gasteiger partial charge on any atom is -0.441 e. The molecule has 24 heavy (non-hydrogen) atoms. The van der Waals surface area contributed by atoms with E-state index in [4.69, 9.17) is 4.42 Å². The molecular weight excluding hydrogens is 309 g/mol. The summed E-state index contributed by atoms with van der Waals surface area (Å²) in [5.74, 6) is 0.988. The van der Waals surface area contributed by atoms with Crippen LogP contribution in [0.15, 0.2) is 34.9 Å². The number of aromatic nitrogens is 1. The number of carbonyl (C=O) groups excluding carboxylic acids is 1. The van der Waals surface area contributed by atoms with E-state index in [1.807, 2.05) is 4.90 Å². The highest BCUT2D eigenvalue weighted by atomic mass is 19.1. The van der Waals surface area contributed by atoms with Gasteiger partial charge in [0.2, 0.25) is 5.91 Å². The highest BCUT2D eigenvalue weighted by Gasteiger charge is 2.18. The topological polar surface area (TPSA) is 49.6 Å². The Morgan fingerprint density at radius 1 is 1.21 bits per heavy atom. The van der Waals surface area contributed by atoms with Crippen LogP contribution < -0.4 is 0 Å². The first kappa shape index (κ1) is 16.6. The van der Waals surface area contributed by atoms with Gasteiger partial charge in [-0.25, -0.2) is 9.37 Å². The molecule has 1 aromatic heterocycles. The van der Waals surface area contributed by atoms with Gasteiger partial charge in [-0.1, -0.05) is 0 Å². The van der Waals surface area contributed by atoms with Crippen LogP contribution in [0.25, 0.3) is 11.3 Å². The lowest BCUT2D eigenvalue weighted by Crippen LogP contribution is -2.34. The number of hydrogen-bond acceptors (Lipinski definition) is 4. The minimum atomic E-state index is -0.285. The molecule has 0 N–H and O–H groups in total. The number of likely N-dealkylation sites (N-methyl/N-ethyl adjacent to an activating group) is 1. The fourth-order valence-corrected chi connectivity index (χ4v) is 2.84. The van der Waals surface area contributed by atoms with Gasteiger partial charge in [-0.15, -0.1) is 0 Å². The van der Waals surface area contributed by atoms with E-state index in [2.05, 4.69) is 16.9 Å². The molecule has 1 aromatic carbocycles. The highest BCUT2D eigenvalue weighted by molar-refractivity contribution is 5.76. The van der Waals surface area contributed by atoms with Crippen LogP contribution in [0.5, 0.6) is 0 Å². The van der Waals surface area contributed by atoms with Crippen LogP contribution in [0.4, 0.5) is 4.39 Å². The summed E-state index contributed by atoms with van der Waals surface area (Å²) in [4.78, 5) is 20.7. The normalized spacial score (nSPS) is 16.2. The van der Waals surface area contributed by atoms with Crippen LogP contribution in [0, 0.1) is 5.82 Å². The van der Waals surface area contributed by atoms with Crippen LogP contribution in [0.2, 0.25) is 0 Å². The summed E-state index contributed by atoms with van der Waals surface area (Å²) in [7, 11) is 2.08. The highest BCUT2D eigenvalue weighted by Crippen LogP contribution is 2.21. The predicted octanol–water partition coefficient (Wildman–Crippen LogP) is 2.58. The van der Waals surface area contributed by atoms with E-state index in [0.717, 1.165) is 38.2 Å². The molecular formula is C18H22FN3O2. The zero-order chi connectivity index (χ0) is 16.9. The number of benzene rings is 1. The second kappa shape index (κ2) is 7.57. The molecule has 128 valence electrons. The van der Waals surface area contributed by atoms with Crippen LogP contribution in [-0.4, -0.2) is 53.9 Å². The lowest BCUT2D eigenvalue weighted by molar-refractivity contribution is -0.131. The van der Waals surface area contributed by atoms with Gasteiger partial charge in [0.25, 0.3) is 0 Å². The van der Waals surface area contributed by atoms with Crippen LogP contribution >= 0.6 is 0 Å². The molecule has 0 bridgehead atoms. The fraction of sp³-hybridized carbons (Fsp3) is 0.444. The van der Waals surface area contributed by atoms with Gasteiger partial charge in [-0.3, -0.25) is 4.79 Å². The molecule has 0 unspecified atom stereocenters. The summed E-state index contributed by atoms with van der Waals surface area (Å²) in [5.41, 5.74) is 0.775. The molecule has 1 aliphatic heterocycles. The van der Waals surface area contributed by atoms with Crippen molar-refractivity contribution in [1.82, 2.24) is 14.8 Å². The zero-order valence-corrected chi connectivity index (χ0v) is 13.9. The van der Waals surface area contributed by atoms with Crippen molar-refractivity contribution in [2.45, 2.75) is 19.3 Å². The first-order valence-electron chi connectivity index (χ1n) is 8.29. The van der Waals surface area contributed by atoms with Crippen molar-refractivity contribution in [3.8, 4) is 11.3 Å². The van der Waals surface area contributed by atoms with E-state index < -0.39 is 0 Å². The Morgan fingerprint density at radius 2 is 2.00 bits per heavy atom. The van der Waals surface area contributed by atoms with Crippen molar-refractivity contribution in [2.75, 3.05) is 33.2 Å². The Labute approximate surface area is 141 Å². The average Bonchev–Trinajstić information content (AvgIpc) is 2.94. The molecule has 5 nitrogen and oxygen atoms in total. The molecule has 0 atom stereocenters. The smallest absolute Gasteiger partial charge is 0.223 e. The van der Waals surface area contributed by atoms with Crippen molar-refractivity contribution in [3.05, 3.63) is 42.2 Å². The van der Waals surface area contributed by atoms with Gasteiger partial charge in [0.05, 0.1) is 6.20 Å². The summed E-state index contributed by atoms with van der Waals surface area (Å²) < 4.78 is 18.6. The number of carbonyl (C=O) groups is 1. The first-order chi connectivity index (χ1) is 11.6. The van der Waals surface area contributed by atoms with Crippen LogP contribution in [-0.2, 0) is 11.2 Å². The molecule has 2 aromatic rings. The quantitative estimate of drug-likeness (QED) is 0.864. The number of halogens is 1. The van der Waals surface area contributed by atoms with E-state index in [-0.39, 0.29) is 11.7 Å². The van der Waals surface area contributed by atoms with Gasteiger partial charge < -0.3 is 14.2 Å². The standard InChI is InChI=1S/C18H22FN3O2/c1-21-9-2-10-22(12-11-21)18(23)8-7-17-20-13-16(24-17)14-3-5-15(19)6-4-14/h3-6,13H,2,7-12H2,1H3. The molecule has 6 heteroatoms. The number of aryl methyl sites for hydroxylation is 1. The molecule has 0 aliphatic carbocycles. The summed E-state index contributed by atoms with van der Waals surface area (Å²) in [6.45, 7) is 3.54. The monoisotopic (exact) mass is 331 g/mol. The van der Waals surface area contributed by atoms with Crippen molar-refractivity contribution in [3.63, 3.8) is 0 Å². The number of oxazole rings is 1. The molecule has 0 saturated carbocycles. The maximum Gasteiger partial charge on any atom is 0.223 e. The van der Waals surface area contributed by atoms with Gasteiger partial charge in [0, 0.05) is 38.0 Å². The van der Waals surface area contributed by atoms with Crippen molar-refractivity contribution >= 4 is 5.91 Å². The third-order valence-corrected chi connectivity index (χ3v) is 4.31. The fourth-order valence-electron chi connectivity index (χ4n) is 2.84. The molecule has 0 radical (unpaired) electrons. The van der Waals surface area contributed by atoms with E-state index in [9.17, 15) is 9.18 Å². The molecule has 1 fully saturated rings. The SMILES string of the molecule is CN1CCCN(C(=O)CCc2ncc(-c3ccc(F)cc3)o2)CC1. The van der Waals surface area contributed by atoms with Gasteiger partial charge in [-0.2, -0.15) is 0 Å². The molecule has 3 rings (SSSR count). The molecule has 1 amide bonds. The minimum absolute atomic E-state index is 0.145. The molecule has 2 heterocycles. The van der Waals surface area contributed by atoms with Crippen LogP contribution in [0.1, 0.15) is 18.7 Å². The number of rotatable bonds is 4. The van der Waals surface area contributed by atoms with E-state index in [0.29, 0.717) is 24.5 Å². The Balaban J connectivity index is 1.55. The van der Waals surface area contributed by atoms with E-state index in [1.165, 1.54) is 12.1 Å². The zero-order valence-electron chi connectivity index (χ0n) is 13.9. The van der Waals surface area contributed by atoms with Crippen molar-refractivity contribution < 1.29 is 13.6 Å². The third kappa shape index (κ3) is 4.20. The van der Waals surface area contributed by atoms with Gasteiger partial charge in [0.1, 0.15) is 5.82 Å². The Kier molecular flexibility index (Phi) is 5.25. The molecule has 1 saturated heterocycles. The molecule has 1 aliphatic rings. The maximum atomic E-state index is 13.0. The molecule has 0 spiro atoms. The Bertz CT molecular complexity index is 684. The lowest BCUT2D eigenvalue weighted by Gasteiger charge is -2.20. The largest absolute Gasteiger partial charge is 0.441 e. The van der Waals surface area contributed by atoms with Crippen molar-refractivity contribution in [1.29, 1.82) is 0 Å². The van der Waals surface area contributed by atoms with E-state index in [1.54, 1.807) is 18.3 Å². The third-order valence-electron chi connectivity index (χ3n) is 4.31. The second-order valence-corrected chi connectivity index (χ2v) is 6.16. The Hall–Kier alpha value is -2.21. The predicted molar refractivity (Wildman–Crippen MR) is 88.9 cm³/mol. The summed E-state index contributed by atoms with van der Waals surface area (Å²) >= 11 is 0. The van der Waals surface area contributed by atoms with Crippen molar-refractivity contribution in [2.24, 2.45) is 0 Å². The van der Waals surface area contributed by atoms with Crippen LogP contribution in [0.3, 0.4) is 0 Å². The Morgan fingerprint density at radius 3 is 2.79 bits per heavy atom. The maximum absolute atomic E-state index is 13.0. The number of amides is 1. The number of nitrogens with zero attached hydrogens (tertiary/aromatic N) is 3. The second-order valence-electron chi connectivity index (χ2n) is 6.16. The van der Waals surface area contributed by atoms with E-state index >= 15 is 0 Å². The summed E-state index contributed by atoms with van der Waals surface area (Å²) in [6, 6.07) is 6.08. The average molecular weight is 331 g/mol. The summed E-state index contributed by atoms with van der Waals surface area (Å²) in [5, 5.41) is 0. The number of hydrogen-bond donors (Lipinski definition) is 0. The lowest BCUT2D eigenvalue weighted by atomic mass is 10.2. The van der Waals surface area contributed by atoms with Gasteiger partial charge in [-0.05, 0) is 44.3 Å².